The molecule has 0 bridgehead atoms. The molecular formula is C19H22ClN3O2. The highest BCUT2D eigenvalue weighted by Gasteiger charge is 2.20. The van der Waals surface area contributed by atoms with Crippen LogP contribution in [0.4, 0.5) is 11.4 Å². The Bertz CT molecular complexity index is 698. The minimum atomic E-state index is -0.171. The van der Waals surface area contributed by atoms with Crippen LogP contribution in [0.5, 0.6) is 0 Å². The summed E-state index contributed by atoms with van der Waals surface area (Å²) >= 11 is 0. The van der Waals surface area contributed by atoms with E-state index < -0.39 is 0 Å². The summed E-state index contributed by atoms with van der Waals surface area (Å²) in [5, 5.41) is 8.99. The Morgan fingerprint density at radius 1 is 0.920 bits per heavy atom. The first-order valence-electron chi connectivity index (χ1n) is 8.20. The number of piperidine rings is 1. The second kappa shape index (κ2) is 9.20. The maximum Gasteiger partial charge on any atom is 0.255 e. The predicted molar refractivity (Wildman–Crippen MR) is 102 cm³/mol. The van der Waals surface area contributed by atoms with Crippen LogP contribution >= 0.6 is 12.4 Å². The van der Waals surface area contributed by atoms with Crippen LogP contribution in [0, 0.1) is 5.92 Å². The molecule has 0 saturated carbocycles. The highest BCUT2D eigenvalue weighted by molar-refractivity contribution is 6.04. The van der Waals surface area contributed by atoms with Gasteiger partial charge in [-0.3, -0.25) is 9.59 Å². The van der Waals surface area contributed by atoms with Gasteiger partial charge >= 0.3 is 0 Å². The molecule has 0 radical (unpaired) electrons. The van der Waals surface area contributed by atoms with Crippen molar-refractivity contribution in [2.75, 3.05) is 23.7 Å². The third kappa shape index (κ3) is 5.31. The van der Waals surface area contributed by atoms with Crippen LogP contribution in [0.2, 0.25) is 0 Å². The molecule has 1 unspecified atom stereocenters. The normalized spacial score (nSPS) is 16.4. The quantitative estimate of drug-likeness (QED) is 0.784. The molecule has 1 saturated heterocycles. The molecule has 0 aromatic heterocycles. The SMILES string of the molecule is Cl.O=C(Nc1ccccc1)c1ccc(NC(=O)C2CCCNC2)cc1. The zero-order valence-corrected chi connectivity index (χ0v) is 14.6. The lowest BCUT2D eigenvalue weighted by atomic mass is 9.99. The molecule has 3 rings (SSSR count). The van der Waals surface area contributed by atoms with Gasteiger partial charge < -0.3 is 16.0 Å². The number of hydrogen-bond acceptors (Lipinski definition) is 3. The summed E-state index contributed by atoms with van der Waals surface area (Å²) in [7, 11) is 0. The maximum absolute atomic E-state index is 12.2. The van der Waals surface area contributed by atoms with Crippen LogP contribution in [-0.4, -0.2) is 24.9 Å². The number of carbonyl (C=O) groups excluding carboxylic acids is 2. The number of carbonyl (C=O) groups is 2. The molecule has 3 N–H and O–H groups in total. The van der Waals surface area contributed by atoms with Gasteiger partial charge in [-0.15, -0.1) is 12.4 Å². The topological polar surface area (TPSA) is 70.2 Å². The van der Waals surface area contributed by atoms with Gasteiger partial charge in [0, 0.05) is 23.5 Å². The van der Waals surface area contributed by atoms with Crippen molar-refractivity contribution in [3.63, 3.8) is 0 Å². The summed E-state index contributed by atoms with van der Waals surface area (Å²) in [6.45, 7) is 1.71. The molecule has 2 amide bonds. The molecule has 1 aliphatic heterocycles. The molecule has 6 heteroatoms. The van der Waals surface area contributed by atoms with E-state index in [0.717, 1.165) is 31.6 Å². The Kier molecular flexibility index (Phi) is 6.98. The number of hydrogen-bond donors (Lipinski definition) is 3. The fraction of sp³-hybridized carbons (Fsp3) is 0.263. The second-order valence-corrected chi connectivity index (χ2v) is 5.93. The van der Waals surface area contributed by atoms with E-state index >= 15 is 0 Å². The van der Waals surface area contributed by atoms with Gasteiger partial charge in [-0.1, -0.05) is 18.2 Å². The molecule has 1 fully saturated rings. The van der Waals surface area contributed by atoms with Crippen molar-refractivity contribution in [2.45, 2.75) is 12.8 Å². The van der Waals surface area contributed by atoms with E-state index in [1.807, 2.05) is 30.3 Å². The monoisotopic (exact) mass is 359 g/mol. The number of rotatable bonds is 4. The summed E-state index contributed by atoms with van der Waals surface area (Å²) < 4.78 is 0. The first-order chi connectivity index (χ1) is 11.7. The number of amides is 2. The van der Waals surface area contributed by atoms with Gasteiger partial charge in [0.05, 0.1) is 5.92 Å². The van der Waals surface area contributed by atoms with E-state index in [4.69, 9.17) is 0 Å². The summed E-state index contributed by atoms with van der Waals surface area (Å²) in [6.07, 6.45) is 1.94. The van der Waals surface area contributed by atoms with Crippen LogP contribution < -0.4 is 16.0 Å². The van der Waals surface area contributed by atoms with Crippen LogP contribution in [0.25, 0.3) is 0 Å². The molecule has 0 aliphatic carbocycles. The Hall–Kier alpha value is -2.37. The zero-order chi connectivity index (χ0) is 16.8. The molecular weight excluding hydrogens is 338 g/mol. The lowest BCUT2D eigenvalue weighted by molar-refractivity contribution is -0.120. The Morgan fingerprint density at radius 2 is 1.60 bits per heavy atom. The van der Waals surface area contributed by atoms with Gasteiger partial charge in [-0.2, -0.15) is 0 Å². The number of para-hydroxylation sites is 1. The first kappa shape index (κ1) is 19.0. The van der Waals surface area contributed by atoms with E-state index in [2.05, 4.69) is 16.0 Å². The lowest BCUT2D eigenvalue weighted by Crippen LogP contribution is -2.37. The van der Waals surface area contributed by atoms with Crippen molar-refractivity contribution in [3.8, 4) is 0 Å². The average Bonchev–Trinajstić information content (AvgIpc) is 2.64. The molecule has 5 nitrogen and oxygen atoms in total. The van der Waals surface area contributed by atoms with Crippen molar-refractivity contribution in [1.82, 2.24) is 5.32 Å². The highest BCUT2D eigenvalue weighted by Crippen LogP contribution is 2.16. The van der Waals surface area contributed by atoms with Gasteiger partial charge in [0.15, 0.2) is 0 Å². The summed E-state index contributed by atoms with van der Waals surface area (Å²) in [5.74, 6) is -0.126. The molecule has 2 aromatic carbocycles. The average molecular weight is 360 g/mol. The zero-order valence-electron chi connectivity index (χ0n) is 13.8. The molecule has 0 spiro atoms. The smallest absolute Gasteiger partial charge is 0.255 e. The van der Waals surface area contributed by atoms with E-state index in [9.17, 15) is 9.59 Å². The Morgan fingerprint density at radius 3 is 2.24 bits per heavy atom. The number of anilines is 2. The van der Waals surface area contributed by atoms with Crippen LogP contribution in [0.15, 0.2) is 54.6 Å². The van der Waals surface area contributed by atoms with Crippen molar-refractivity contribution < 1.29 is 9.59 Å². The molecule has 2 aromatic rings. The number of benzene rings is 2. The van der Waals surface area contributed by atoms with E-state index in [0.29, 0.717) is 11.3 Å². The van der Waals surface area contributed by atoms with Gasteiger partial charge in [0.2, 0.25) is 5.91 Å². The van der Waals surface area contributed by atoms with Gasteiger partial charge in [0.1, 0.15) is 0 Å². The highest BCUT2D eigenvalue weighted by atomic mass is 35.5. The molecule has 1 heterocycles. The minimum absolute atomic E-state index is 0. The molecule has 1 atom stereocenters. The third-order valence-corrected chi connectivity index (χ3v) is 4.11. The summed E-state index contributed by atoms with van der Waals surface area (Å²) in [4.78, 5) is 24.4. The largest absolute Gasteiger partial charge is 0.326 e. The van der Waals surface area contributed by atoms with Crippen LogP contribution in [0.3, 0.4) is 0 Å². The van der Waals surface area contributed by atoms with Crippen molar-refractivity contribution >= 4 is 35.6 Å². The summed E-state index contributed by atoms with van der Waals surface area (Å²) in [6, 6.07) is 16.3. The van der Waals surface area contributed by atoms with Crippen LogP contribution in [0.1, 0.15) is 23.2 Å². The van der Waals surface area contributed by atoms with Crippen LogP contribution in [-0.2, 0) is 4.79 Å². The molecule has 25 heavy (non-hydrogen) atoms. The first-order valence-corrected chi connectivity index (χ1v) is 8.20. The predicted octanol–water partition coefficient (Wildman–Crippen LogP) is 3.30. The Balaban J connectivity index is 0.00000225. The van der Waals surface area contributed by atoms with Crippen molar-refractivity contribution in [2.24, 2.45) is 5.92 Å². The van der Waals surface area contributed by atoms with Gasteiger partial charge in [-0.05, 0) is 55.8 Å². The van der Waals surface area contributed by atoms with E-state index in [1.54, 1.807) is 24.3 Å². The molecule has 1 aliphatic rings. The Labute approximate surface area is 153 Å². The van der Waals surface area contributed by atoms with E-state index in [1.165, 1.54) is 0 Å². The number of nitrogens with one attached hydrogen (secondary N) is 3. The lowest BCUT2D eigenvalue weighted by Gasteiger charge is -2.21. The number of halogens is 1. The third-order valence-electron chi connectivity index (χ3n) is 4.11. The van der Waals surface area contributed by atoms with Crippen molar-refractivity contribution in [3.05, 3.63) is 60.2 Å². The van der Waals surface area contributed by atoms with Gasteiger partial charge in [0.25, 0.3) is 5.91 Å². The van der Waals surface area contributed by atoms with E-state index in [-0.39, 0.29) is 30.1 Å². The minimum Gasteiger partial charge on any atom is -0.326 e. The molecule has 132 valence electrons. The van der Waals surface area contributed by atoms with Crippen molar-refractivity contribution in [1.29, 1.82) is 0 Å². The standard InChI is InChI=1S/C19H21N3O2.ClH/c23-18(21-16-6-2-1-3-7-16)14-8-10-17(11-9-14)22-19(24)15-5-4-12-20-13-15;/h1-3,6-11,15,20H,4-5,12-13H2,(H,21,23)(H,22,24);1H. The fourth-order valence-corrected chi connectivity index (χ4v) is 2.75. The van der Waals surface area contributed by atoms with Gasteiger partial charge in [-0.25, -0.2) is 0 Å². The second-order valence-electron chi connectivity index (χ2n) is 5.93. The fourth-order valence-electron chi connectivity index (χ4n) is 2.75. The maximum atomic E-state index is 12.2. The summed E-state index contributed by atoms with van der Waals surface area (Å²) in [5.41, 5.74) is 2.02.